The van der Waals surface area contributed by atoms with Gasteiger partial charge in [0.05, 0.1) is 13.2 Å². The van der Waals surface area contributed by atoms with Crippen molar-refractivity contribution in [3.8, 4) is 5.75 Å². The number of β-amino-alcohol motifs (C(OH)–C–C–N with tert-alkyl or cyclic N) is 1. The quantitative estimate of drug-likeness (QED) is 0.713. The molecule has 2 heterocycles. The predicted octanol–water partition coefficient (Wildman–Crippen LogP) is 2.09. The molecule has 0 unspecified atom stereocenters. The summed E-state index contributed by atoms with van der Waals surface area (Å²) in [6.07, 6.45) is 3.24. The molecule has 1 aromatic carbocycles. The van der Waals surface area contributed by atoms with E-state index in [1.165, 1.54) is 16.7 Å². The number of benzene rings is 1. The van der Waals surface area contributed by atoms with E-state index in [0.29, 0.717) is 13.2 Å². The van der Waals surface area contributed by atoms with E-state index in [0.717, 1.165) is 45.1 Å². The van der Waals surface area contributed by atoms with Crippen molar-refractivity contribution >= 4 is 0 Å². The Morgan fingerprint density at radius 2 is 2.07 bits per heavy atom. The zero-order valence-corrected chi connectivity index (χ0v) is 16.9. The van der Waals surface area contributed by atoms with Crippen LogP contribution in [0.25, 0.3) is 0 Å². The van der Waals surface area contributed by atoms with Crippen LogP contribution in [-0.2, 0) is 17.8 Å². The summed E-state index contributed by atoms with van der Waals surface area (Å²) >= 11 is 0. The van der Waals surface area contributed by atoms with Crippen molar-refractivity contribution < 1.29 is 14.6 Å². The number of aliphatic hydroxyl groups excluding tert-OH is 1. The summed E-state index contributed by atoms with van der Waals surface area (Å²) in [7, 11) is 2.11. The van der Waals surface area contributed by atoms with Crippen molar-refractivity contribution in [2.75, 3.05) is 46.5 Å². The Morgan fingerprint density at radius 3 is 2.86 bits per heavy atom. The van der Waals surface area contributed by atoms with Crippen molar-refractivity contribution in [2.45, 2.75) is 26.1 Å². The normalized spacial score (nSPS) is 16.3. The Kier molecular flexibility index (Phi) is 7.80. The number of aliphatic hydroxyl groups is 1. The number of rotatable bonds is 9. The van der Waals surface area contributed by atoms with E-state index in [4.69, 9.17) is 9.47 Å². The van der Waals surface area contributed by atoms with E-state index in [9.17, 15) is 5.11 Å². The summed E-state index contributed by atoms with van der Waals surface area (Å²) in [6.45, 7) is 7.93. The summed E-state index contributed by atoms with van der Waals surface area (Å²) in [6, 6.07) is 10.2. The summed E-state index contributed by atoms with van der Waals surface area (Å²) in [5.41, 5.74) is 3.69. The third-order valence-corrected chi connectivity index (χ3v) is 4.94. The number of hydrogen-bond donors (Lipinski definition) is 1. The largest absolute Gasteiger partial charge is 0.491 e. The van der Waals surface area contributed by atoms with Crippen LogP contribution in [0.5, 0.6) is 5.75 Å². The summed E-state index contributed by atoms with van der Waals surface area (Å²) < 4.78 is 11.2. The second kappa shape index (κ2) is 10.5. The van der Waals surface area contributed by atoms with Gasteiger partial charge in [0.1, 0.15) is 18.5 Å². The number of hydrogen-bond acceptors (Lipinski definition) is 6. The highest BCUT2D eigenvalue weighted by atomic mass is 16.5. The first-order chi connectivity index (χ1) is 13.6. The molecule has 1 aliphatic rings. The predicted molar refractivity (Wildman–Crippen MR) is 109 cm³/mol. The molecule has 1 aromatic heterocycles. The number of aromatic nitrogens is 1. The maximum Gasteiger partial charge on any atom is 0.119 e. The molecule has 3 rings (SSSR count). The molecule has 1 aliphatic heterocycles. The molecule has 1 fully saturated rings. The smallest absolute Gasteiger partial charge is 0.119 e. The lowest BCUT2D eigenvalue weighted by Gasteiger charge is -2.28. The van der Waals surface area contributed by atoms with Gasteiger partial charge in [-0.1, -0.05) is 12.1 Å². The molecule has 0 aliphatic carbocycles. The molecular weight excluding hydrogens is 354 g/mol. The highest BCUT2D eigenvalue weighted by Crippen LogP contribution is 2.17. The molecule has 2 aromatic rings. The molecule has 6 nitrogen and oxygen atoms in total. The lowest BCUT2D eigenvalue weighted by molar-refractivity contribution is 0.00464. The molecule has 0 radical (unpaired) electrons. The number of morpholine rings is 1. The van der Waals surface area contributed by atoms with Gasteiger partial charge in [-0.3, -0.25) is 14.8 Å². The fourth-order valence-corrected chi connectivity index (χ4v) is 3.40. The molecular formula is C22H31N3O3. The Balaban J connectivity index is 1.47. The minimum Gasteiger partial charge on any atom is -0.491 e. The lowest BCUT2D eigenvalue weighted by Crippen LogP contribution is -2.42. The van der Waals surface area contributed by atoms with Gasteiger partial charge in [-0.05, 0) is 48.9 Å². The van der Waals surface area contributed by atoms with Gasteiger partial charge in [0.2, 0.25) is 0 Å². The number of aryl methyl sites for hydroxylation is 1. The van der Waals surface area contributed by atoms with Crippen LogP contribution < -0.4 is 4.74 Å². The van der Waals surface area contributed by atoms with Gasteiger partial charge < -0.3 is 14.6 Å². The molecule has 28 heavy (non-hydrogen) atoms. The first-order valence-corrected chi connectivity index (χ1v) is 9.88. The molecule has 0 bridgehead atoms. The first-order valence-electron chi connectivity index (χ1n) is 9.88. The highest BCUT2D eigenvalue weighted by Gasteiger charge is 2.15. The maximum atomic E-state index is 10.2. The second-order valence-electron chi connectivity index (χ2n) is 7.50. The summed E-state index contributed by atoms with van der Waals surface area (Å²) in [5, 5.41) is 10.2. The summed E-state index contributed by atoms with van der Waals surface area (Å²) in [4.78, 5) is 8.64. The van der Waals surface area contributed by atoms with Crippen molar-refractivity contribution in [1.82, 2.24) is 14.8 Å². The highest BCUT2D eigenvalue weighted by molar-refractivity contribution is 5.29. The van der Waals surface area contributed by atoms with Gasteiger partial charge in [0, 0.05) is 45.1 Å². The lowest BCUT2D eigenvalue weighted by atomic mass is 10.1. The standard InChI is InChI=1S/C22H31N3O3/c1-18-13-23-7-6-20(18)15-24(2)14-19-4-3-5-22(12-19)28-17-21(26)16-25-8-10-27-11-9-25/h3-7,12-13,21,26H,8-11,14-17H2,1-2H3/t21-/m1/s1. The van der Waals surface area contributed by atoms with Crippen LogP contribution in [0.1, 0.15) is 16.7 Å². The number of ether oxygens (including phenoxy) is 2. The van der Waals surface area contributed by atoms with Gasteiger partial charge in [0.15, 0.2) is 0 Å². The molecule has 1 atom stereocenters. The van der Waals surface area contributed by atoms with Crippen molar-refractivity contribution in [2.24, 2.45) is 0 Å². The van der Waals surface area contributed by atoms with Crippen molar-refractivity contribution in [1.29, 1.82) is 0 Å². The minimum absolute atomic E-state index is 0.298. The van der Waals surface area contributed by atoms with E-state index in [1.807, 2.05) is 24.5 Å². The molecule has 0 spiro atoms. The van der Waals surface area contributed by atoms with Crippen LogP contribution in [0.2, 0.25) is 0 Å². The Hall–Kier alpha value is -1.99. The van der Waals surface area contributed by atoms with Gasteiger partial charge in [-0.2, -0.15) is 0 Å². The van der Waals surface area contributed by atoms with Gasteiger partial charge in [-0.25, -0.2) is 0 Å². The SMILES string of the molecule is Cc1cnccc1CN(C)Cc1cccc(OC[C@H](O)CN2CCOCC2)c1. The fourth-order valence-electron chi connectivity index (χ4n) is 3.40. The van der Waals surface area contributed by atoms with Crippen molar-refractivity contribution in [3.63, 3.8) is 0 Å². The molecule has 1 saturated heterocycles. The van der Waals surface area contributed by atoms with E-state index in [1.54, 1.807) is 0 Å². The van der Waals surface area contributed by atoms with E-state index in [-0.39, 0.29) is 0 Å². The zero-order valence-electron chi connectivity index (χ0n) is 16.9. The number of pyridine rings is 1. The monoisotopic (exact) mass is 385 g/mol. The molecule has 6 heteroatoms. The van der Waals surface area contributed by atoms with Crippen LogP contribution in [-0.4, -0.2) is 72.5 Å². The third-order valence-electron chi connectivity index (χ3n) is 4.94. The molecule has 1 N–H and O–H groups in total. The average Bonchev–Trinajstić information content (AvgIpc) is 2.69. The summed E-state index contributed by atoms with van der Waals surface area (Å²) in [5.74, 6) is 0.798. The van der Waals surface area contributed by atoms with Crippen LogP contribution in [0.15, 0.2) is 42.7 Å². The van der Waals surface area contributed by atoms with E-state index >= 15 is 0 Å². The fraction of sp³-hybridized carbons (Fsp3) is 0.500. The third kappa shape index (κ3) is 6.56. The first kappa shape index (κ1) is 20.7. The maximum absolute atomic E-state index is 10.2. The Morgan fingerprint density at radius 1 is 1.25 bits per heavy atom. The van der Waals surface area contributed by atoms with Gasteiger partial charge in [-0.15, -0.1) is 0 Å². The van der Waals surface area contributed by atoms with Crippen LogP contribution in [0, 0.1) is 6.92 Å². The van der Waals surface area contributed by atoms with Crippen molar-refractivity contribution in [3.05, 3.63) is 59.4 Å². The molecule has 0 saturated carbocycles. The Labute approximate surface area is 167 Å². The van der Waals surface area contributed by atoms with Crippen LogP contribution in [0.4, 0.5) is 0 Å². The van der Waals surface area contributed by atoms with Crippen LogP contribution in [0.3, 0.4) is 0 Å². The second-order valence-corrected chi connectivity index (χ2v) is 7.50. The topological polar surface area (TPSA) is 58.1 Å². The molecule has 0 amide bonds. The molecule has 152 valence electrons. The van der Waals surface area contributed by atoms with Crippen LogP contribution >= 0.6 is 0 Å². The van der Waals surface area contributed by atoms with E-state index in [2.05, 4.69) is 47.0 Å². The zero-order chi connectivity index (χ0) is 19.8. The number of nitrogens with zero attached hydrogens (tertiary/aromatic N) is 3. The Bertz CT molecular complexity index is 734. The van der Waals surface area contributed by atoms with Gasteiger partial charge >= 0.3 is 0 Å². The average molecular weight is 386 g/mol. The minimum atomic E-state index is -0.501. The van der Waals surface area contributed by atoms with E-state index < -0.39 is 6.10 Å². The van der Waals surface area contributed by atoms with Gasteiger partial charge in [0.25, 0.3) is 0 Å².